The summed E-state index contributed by atoms with van der Waals surface area (Å²) in [5.74, 6) is -0.722. The second-order valence-corrected chi connectivity index (χ2v) is 4.10. The van der Waals surface area contributed by atoms with Crippen molar-refractivity contribution in [3.05, 3.63) is 0 Å². The van der Waals surface area contributed by atoms with Crippen LogP contribution in [0, 0.1) is 5.41 Å². The average molecular weight is 267 g/mol. The summed E-state index contributed by atoms with van der Waals surface area (Å²) in [5.41, 5.74) is -0.542. The van der Waals surface area contributed by atoms with Crippen molar-refractivity contribution < 1.29 is 29.8 Å². The molecular formula is C11H25NO6. The highest BCUT2D eigenvalue weighted by Gasteiger charge is 2.23. The average Bonchev–Trinajstić information content (AvgIpc) is 2.34. The highest BCUT2D eigenvalue weighted by Crippen LogP contribution is 2.18. The summed E-state index contributed by atoms with van der Waals surface area (Å²) in [5, 5.41) is 26.1. The molecule has 0 aromatic rings. The molecule has 0 fully saturated rings. The summed E-state index contributed by atoms with van der Waals surface area (Å²) in [6, 6.07) is 0. The number of hydrogen-bond donors (Lipinski definition) is 3. The molecule has 0 aromatic carbocycles. The molecule has 0 atom stereocenters. The van der Waals surface area contributed by atoms with Gasteiger partial charge in [0.15, 0.2) is 0 Å². The summed E-state index contributed by atoms with van der Waals surface area (Å²) in [7, 11) is 1.55. The van der Waals surface area contributed by atoms with Gasteiger partial charge in [0, 0.05) is 7.05 Å². The molecule has 0 aliphatic heterocycles. The van der Waals surface area contributed by atoms with E-state index >= 15 is 0 Å². The topological polar surface area (TPSA) is 99.5 Å². The first kappa shape index (κ1) is 19.6. The molecule has 3 N–H and O–H groups in total. The van der Waals surface area contributed by atoms with Crippen LogP contribution in [0.3, 0.4) is 0 Å². The predicted molar refractivity (Wildman–Crippen MR) is 65.5 cm³/mol. The third kappa shape index (κ3) is 11.7. The van der Waals surface area contributed by atoms with Gasteiger partial charge in [0.05, 0.1) is 31.8 Å². The second kappa shape index (κ2) is 11.4. The zero-order valence-corrected chi connectivity index (χ0v) is 11.5. The van der Waals surface area contributed by atoms with Gasteiger partial charge in [-0.05, 0) is 20.3 Å². The molecule has 0 heterocycles. The van der Waals surface area contributed by atoms with E-state index in [1.54, 1.807) is 20.9 Å². The smallest absolute Gasteiger partial charge is 0.309 e. The van der Waals surface area contributed by atoms with Crippen LogP contribution >= 0.6 is 0 Å². The monoisotopic (exact) mass is 267 g/mol. The Morgan fingerprint density at radius 1 is 1.17 bits per heavy atom. The van der Waals surface area contributed by atoms with Crippen LogP contribution in [-0.2, 0) is 14.5 Å². The first-order valence-corrected chi connectivity index (χ1v) is 5.76. The number of hydroxylamine groups is 2. The summed E-state index contributed by atoms with van der Waals surface area (Å²) in [4.78, 5) is 19.7. The largest absolute Gasteiger partial charge is 0.481 e. The maximum atomic E-state index is 10.3. The van der Waals surface area contributed by atoms with E-state index in [0.29, 0.717) is 6.42 Å². The highest BCUT2D eigenvalue weighted by atomic mass is 16.9. The van der Waals surface area contributed by atoms with Gasteiger partial charge in [-0.15, -0.1) is 0 Å². The molecule has 18 heavy (non-hydrogen) atoms. The fourth-order valence-electron chi connectivity index (χ4n) is 0.527. The number of rotatable bonds is 8. The highest BCUT2D eigenvalue weighted by molar-refractivity contribution is 5.73. The normalized spacial score (nSPS) is 11.1. The molecule has 0 saturated heterocycles. The Balaban J connectivity index is 0. The van der Waals surface area contributed by atoms with Crippen molar-refractivity contribution in [2.75, 3.05) is 33.5 Å². The van der Waals surface area contributed by atoms with Crippen LogP contribution in [0.15, 0.2) is 0 Å². The van der Waals surface area contributed by atoms with E-state index in [9.17, 15) is 4.79 Å². The summed E-state index contributed by atoms with van der Waals surface area (Å²) >= 11 is 0. The Morgan fingerprint density at radius 2 is 1.56 bits per heavy atom. The van der Waals surface area contributed by atoms with Crippen molar-refractivity contribution in [3.8, 4) is 0 Å². The molecule has 7 nitrogen and oxygen atoms in total. The van der Waals surface area contributed by atoms with Crippen LogP contribution < -0.4 is 0 Å². The fourth-order valence-corrected chi connectivity index (χ4v) is 0.527. The molecule has 0 bridgehead atoms. The minimum Gasteiger partial charge on any atom is -0.481 e. The number of aliphatic carboxylic acids is 1. The fraction of sp³-hybridized carbons (Fsp3) is 0.909. The van der Waals surface area contributed by atoms with Gasteiger partial charge in [-0.2, -0.15) is 0 Å². The lowest BCUT2D eigenvalue weighted by atomic mass is 9.91. The van der Waals surface area contributed by atoms with Gasteiger partial charge in [0.2, 0.25) is 0 Å². The first-order valence-electron chi connectivity index (χ1n) is 5.76. The van der Waals surface area contributed by atoms with E-state index in [1.165, 1.54) is 0 Å². The summed E-state index contributed by atoms with van der Waals surface area (Å²) in [6.45, 7) is 5.60. The van der Waals surface area contributed by atoms with Crippen LogP contribution in [0.2, 0.25) is 0 Å². The Hall–Kier alpha value is -0.730. The first-order chi connectivity index (χ1) is 8.31. The molecule has 110 valence electrons. The van der Waals surface area contributed by atoms with E-state index in [0.717, 1.165) is 5.23 Å². The number of carboxylic acid groups (broad SMARTS) is 1. The molecule has 7 heteroatoms. The van der Waals surface area contributed by atoms with Crippen molar-refractivity contribution in [2.24, 2.45) is 5.41 Å². The lowest BCUT2D eigenvalue weighted by Crippen LogP contribution is -2.22. The lowest BCUT2D eigenvalue weighted by molar-refractivity contribution is -0.356. The molecule has 0 saturated carbocycles. The van der Waals surface area contributed by atoms with Gasteiger partial charge < -0.3 is 15.3 Å². The zero-order valence-electron chi connectivity index (χ0n) is 11.5. The zero-order chi connectivity index (χ0) is 14.6. The SMILES string of the molecule is CCC(C)(C)C(=O)O.CN(OCCO)OCCO. The lowest BCUT2D eigenvalue weighted by Gasteiger charge is -2.14. The minimum absolute atomic E-state index is 0.0488. The van der Waals surface area contributed by atoms with Crippen molar-refractivity contribution >= 4 is 5.97 Å². The molecule has 0 spiro atoms. The molecule has 0 unspecified atom stereocenters. The molecular weight excluding hydrogens is 242 g/mol. The minimum atomic E-state index is -0.722. The molecule has 0 rings (SSSR count). The van der Waals surface area contributed by atoms with Gasteiger partial charge in [-0.1, -0.05) is 12.2 Å². The predicted octanol–water partition coefficient (Wildman–Crippen LogP) is 0.273. The van der Waals surface area contributed by atoms with Gasteiger partial charge >= 0.3 is 5.97 Å². The Morgan fingerprint density at radius 3 is 1.72 bits per heavy atom. The van der Waals surface area contributed by atoms with Crippen LogP contribution in [0.5, 0.6) is 0 Å². The van der Waals surface area contributed by atoms with E-state index in [4.69, 9.17) is 25.0 Å². The van der Waals surface area contributed by atoms with E-state index in [2.05, 4.69) is 0 Å². The van der Waals surface area contributed by atoms with Crippen LogP contribution in [0.4, 0.5) is 0 Å². The van der Waals surface area contributed by atoms with Gasteiger partial charge in [-0.25, -0.2) is 0 Å². The molecule has 0 amide bonds. The third-order valence-electron chi connectivity index (χ3n) is 2.19. The Bertz CT molecular complexity index is 202. The molecule has 0 aliphatic carbocycles. The van der Waals surface area contributed by atoms with Crippen LogP contribution in [0.1, 0.15) is 27.2 Å². The quantitative estimate of drug-likeness (QED) is 0.543. The maximum Gasteiger partial charge on any atom is 0.309 e. The third-order valence-corrected chi connectivity index (χ3v) is 2.19. The number of carboxylic acids is 1. The standard InChI is InChI=1S/C6H12O2.C5H13NO4/c1-4-6(2,3)5(7)8;1-6(9-4-2-7)10-5-3-8/h4H2,1-3H3,(H,7,8);7-8H,2-5H2,1H3. The van der Waals surface area contributed by atoms with E-state index in [-0.39, 0.29) is 26.4 Å². The van der Waals surface area contributed by atoms with Crippen molar-refractivity contribution in [1.29, 1.82) is 0 Å². The van der Waals surface area contributed by atoms with Crippen molar-refractivity contribution in [1.82, 2.24) is 5.23 Å². The van der Waals surface area contributed by atoms with Gasteiger partial charge in [-0.3, -0.25) is 14.5 Å². The number of nitrogens with zero attached hydrogens (tertiary/aromatic N) is 1. The number of carbonyl (C=O) groups is 1. The van der Waals surface area contributed by atoms with E-state index in [1.807, 2.05) is 6.92 Å². The van der Waals surface area contributed by atoms with Gasteiger partial charge in [0.25, 0.3) is 0 Å². The number of aliphatic hydroxyl groups is 2. The van der Waals surface area contributed by atoms with Crippen LogP contribution in [-0.4, -0.2) is 60.0 Å². The Kier molecular flexibility index (Phi) is 12.4. The van der Waals surface area contributed by atoms with Crippen LogP contribution in [0.25, 0.3) is 0 Å². The van der Waals surface area contributed by atoms with Crippen molar-refractivity contribution in [3.63, 3.8) is 0 Å². The van der Waals surface area contributed by atoms with Crippen molar-refractivity contribution in [2.45, 2.75) is 27.2 Å². The van der Waals surface area contributed by atoms with E-state index < -0.39 is 11.4 Å². The Labute approximate surface area is 108 Å². The second-order valence-electron chi connectivity index (χ2n) is 4.10. The maximum absolute atomic E-state index is 10.3. The number of hydrogen-bond acceptors (Lipinski definition) is 6. The molecule has 0 aromatic heterocycles. The molecule has 0 radical (unpaired) electrons. The number of aliphatic hydroxyl groups excluding tert-OH is 2. The summed E-state index contributed by atoms with van der Waals surface area (Å²) in [6.07, 6.45) is 0.683. The molecule has 0 aliphatic rings. The van der Waals surface area contributed by atoms with Gasteiger partial charge in [0.1, 0.15) is 0 Å². The summed E-state index contributed by atoms with van der Waals surface area (Å²) < 4.78 is 0.